The van der Waals surface area contributed by atoms with E-state index < -0.39 is 23.0 Å². The summed E-state index contributed by atoms with van der Waals surface area (Å²) in [6, 6.07) is 0. The lowest BCUT2D eigenvalue weighted by Crippen LogP contribution is -1.97. The third kappa shape index (κ3) is 1.85. The molecule has 0 aliphatic carbocycles. The van der Waals surface area contributed by atoms with Gasteiger partial charge in [-0.05, 0) is 0 Å². The summed E-state index contributed by atoms with van der Waals surface area (Å²) in [5.41, 5.74) is -0.520. The monoisotopic (exact) mass is 211 g/mol. The van der Waals surface area contributed by atoms with E-state index in [4.69, 9.17) is 11.6 Å². The molecule has 1 aromatic rings. The Morgan fingerprint density at radius 2 is 2.15 bits per heavy atom. The number of methoxy groups -OCH3 is 1. The van der Waals surface area contributed by atoms with E-state index in [2.05, 4.69) is 9.72 Å². The molecule has 0 bridgehead atoms. The van der Waals surface area contributed by atoms with Crippen molar-refractivity contribution >= 4 is 11.6 Å². The predicted octanol–water partition coefficient (Wildman–Crippen LogP) is 2.82. The molecule has 0 N–H and O–H groups in total. The molecule has 1 heterocycles. The molecule has 1 aromatic heterocycles. The second kappa shape index (κ2) is 3.83. The summed E-state index contributed by atoms with van der Waals surface area (Å²) in [5, 5.41) is -0.528. The van der Waals surface area contributed by atoms with Crippen LogP contribution in [0.1, 0.15) is 12.0 Å². The maximum Gasteiger partial charge on any atom is 0.268 e. The lowest BCUT2D eigenvalue weighted by molar-refractivity contribution is 0.146. The molecule has 2 nitrogen and oxygen atoms in total. The van der Waals surface area contributed by atoms with Crippen LogP contribution in [-0.4, -0.2) is 12.1 Å². The molecule has 0 radical (unpaired) electrons. The second-order valence-corrected chi connectivity index (χ2v) is 2.53. The van der Waals surface area contributed by atoms with Crippen LogP contribution in [-0.2, 0) is 0 Å². The van der Waals surface area contributed by atoms with Crippen LogP contribution in [0, 0.1) is 5.95 Å². The molecule has 0 saturated heterocycles. The Morgan fingerprint density at radius 3 is 2.62 bits per heavy atom. The quantitative estimate of drug-likeness (QED) is 0.702. The van der Waals surface area contributed by atoms with Crippen LogP contribution in [0.3, 0.4) is 0 Å². The number of aromatic nitrogens is 1. The van der Waals surface area contributed by atoms with Gasteiger partial charge in [-0.2, -0.15) is 4.39 Å². The first kappa shape index (κ1) is 10.1. The van der Waals surface area contributed by atoms with E-state index in [1.54, 1.807) is 0 Å². The average molecular weight is 212 g/mol. The third-order valence-corrected chi connectivity index (χ3v) is 1.73. The fourth-order valence-electron chi connectivity index (χ4n) is 0.825. The van der Waals surface area contributed by atoms with Gasteiger partial charge in [-0.3, -0.25) is 0 Å². The summed E-state index contributed by atoms with van der Waals surface area (Å²) in [6.07, 6.45) is -2.09. The van der Waals surface area contributed by atoms with Crippen LogP contribution in [0.15, 0.2) is 6.20 Å². The largest absolute Gasteiger partial charge is 0.494 e. The first-order valence-electron chi connectivity index (χ1n) is 3.24. The molecule has 0 atom stereocenters. The summed E-state index contributed by atoms with van der Waals surface area (Å²) in [5.74, 6) is -1.40. The Hall–Kier alpha value is -0.970. The highest BCUT2D eigenvalue weighted by Gasteiger charge is 2.20. The number of hydrogen-bond donors (Lipinski definition) is 0. The Labute approximate surface area is 77.3 Å². The van der Waals surface area contributed by atoms with E-state index in [1.807, 2.05) is 0 Å². The molecule has 72 valence electrons. The normalized spacial score (nSPS) is 10.6. The molecular formula is C7H5ClF3NO. The maximum atomic E-state index is 12.6. The van der Waals surface area contributed by atoms with Crippen molar-refractivity contribution in [1.82, 2.24) is 4.98 Å². The second-order valence-electron chi connectivity index (χ2n) is 2.15. The number of nitrogens with zero attached hydrogens (tertiary/aromatic N) is 1. The van der Waals surface area contributed by atoms with E-state index in [1.165, 1.54) is 0 Å². The Bertz CT molecular complexity index is 319. The zero-order chi connectivity index (χ0) is 10.0. The van der Waals surface area contributed by atoms with Crippen LogP contribution >= 0.6 is 11.6 Å². The van der Waals surface area contributed by atoms with Crippen molar-refractivity contribution in [2.45, 2.75) is 6.43 Å². The van der Waals surface area contributed by atoms with Crippen molar-refractivity contribution in [1.29, 1.82) is 0 Å². The van der Waals surface area contributed by atoms with Gasteiger partial charge in [0.05, 0.1) is 12.7 Å². The van der Waals surface area contributed by atoms with E-state index in [9.17, 15) is 13.2 Å². The van der Waals surface area contributed by atoms with Crippen LogP contribution in [0.25, 0.3) is 0 Å². The Kier molecular flexibility index (Phi) is 2.98. The van der Waals surface area contributed by atoms with Crippen molar-refractivity contribution < 1.29 is 17.9 Å². The number of halogens is 4. The zero-order valence-corrected chi connectivity index (χ0v) is 7.28. The van der Waals surface area contributed by atoms with Crippen molar-refractivity contribution in [2.75, 3.05) is 7.11 Å². The molecule has 0 aromatic carbocycles. The molecule has 0 aliphatic heterocycles. The SMILES string of the molecule is COc1c(C(F)F)cnc(F)c1Cl. The van der Waals surface area contributed by atoms with Crippen molar-refractivity contribution in [3.8, 4) is 5.75 Å². The van der Waals surface area contributed by atoms with Gasteiger partial charge in [0.25, 0.3) is 6.43 Å². The van der Waals surface area contributed by atoms with Gasteiger partial charge in [0.2, 0.25) is 5.95 Å². The minimum absolute atomic E-state index is 0.371. The molecule has 1 rings (SSSR count). The van der Waals surface area contributed by atoms with Crippen molar-refractivity contribution in [3.05, 3.63) is 22.7 Å². The Morgan fingerprint density at radius 1 is 1.54 bits per heavy atom. The molecule has 0 fully saturated rings. The first-order valence-corrected chi connectivity index (χ1v) is 3.61. The van der Waals surface area contributed by atoms with Crippen molar-refractivity contribution in [3.63, 3.8) is 0 Å². The molecule has 13 heavy (non-hydrogen) atoms. The highest BCUT2D eigenvalue weighted by atomic mass is 35.5. The molecule has 0 aliphatic rings. The van der Waals surface area contributed by atoms with Gasteiger partial charge < -0.3 is 4.74 Å². The van der Waals surface area contributed by atoms with Gasteiger partial charge in [-0.25, -0.2) is 13.8 Å². The van der Waals surface area contributed by atoms with Crippen LogP contribution < -0.4 is 4.74 Å². The van der Waals surface area contributed by atoms with E-state index >= 15 is 0 Å². The topological polar surface area (TPSA) is 22.1 Å². The Balaban J connectivity index is 3.30. The number of hydrogen-bond acceptors (Lipinski definition) is 2. The highest BCUT2D eigenvalue weighted by molar-refractivity contribution is 6.32. The fraction of sp³-hybridized carbons (Fsp3) is 0.286. The summed E-state index contributed by atoms with van der Waals surface area (Å²) >= 11 is 5.35. The smallest absolute Gasteiger partial charge is 0.268 e. The lowest BCUT2D eigenvalue weighted by atomic mass is 10.2. The fourth-order valence-corrected chi connectivity index (χ4v) is 1.06. The molecule has 0 spiro atoms. The molecule has 0 saturated carbocycles. The average Bonchev–Trinajstić information content (AvgIpc) is 2.09. The van der Waals surface area contributed by atoms with E-state index in [0.717, 1.165) is 7.11 Å². The number of alkyl halides is 2. The molecule has 0 unspecified atom stereocenters. The standard InChI is InChI=1S/C7H5ClF3NO/c1-13-5-3(6(9)10)2-12-7(11)4(5)8/h2,6H,1H3. The number of rotatable bonds is 2. The van der Waals surface area contributed by atoms with Crippen molar-refractivity contribution in [2.24, 2.45) is 0 Å². The summed E-state index contributed by atoms with van der Waals surface area (Å²) in [4.78, 5) is 3.05. The predicted molar refractivity (Wildman–Crippen MR) is 40.7 cm³/mol. The van der Waals surface area contributed by atoms with Gasteiger partial charge in [0.15, 0.2) is 5.75 Å². The van der Waals surface area contributed by atoms with Crippen LogP contribution in [0.2, 0.25) is 5.02 Å². The van der Waals surface area contributed by atoms with Gasteiger partial charge in [0.1, 0.15) is 5.02 Å². The van der Waals surface area contributed by atoms with Gasteiger partial charge in [-0.1, -0.05) is 11.6 Å². The highest BCUT2D eigenvalue weighted by Crippen LogP contribution is 2.35. The van der Waals surface area contributed by atoms with E-state index in [-0.39, 0.29) is 5.75 Å². The third-order valence-electron chi connectivity index (χ3n) is 1.40. The maximum absolute atomic E-state index is 12.6. The van der Waals surface area contributed by atoms with Gasteiger partial charge in [-0.15, -0.1) is 0 Å². The zero-order valence-electron chi connectivity index (χ0n) is 6.52. The number of pyridine rings is 1. The summed E-state index contributed by atoms with van der Waals surface area (Å²) in [6.45, 7) is 0. The summed E-state index contributed by atoms with van der Waals surface area (Å²) < 4.78 is 41.6. The van der Waals surface area contributed by atoms with Crippen LogP contribution in [0.5, 0.6) is 5.75 Å². The molecule has 6 heteroatoms. The van der Waals surface area contributed by atoms with Gasteiger partial charge >= 0.3 is 0 Å². The minimum atomic E-state index is -2.79. The van der Waals surface area contributed by atoms with Gasteiger partial charge in [0, 0.05) is 6.20 Å². The lowest BCUT2D eigenvalue weighted by Gasteiger charge is -2.08. The number of ether oxygens (including phenoxy) is 1. The summed E-state index contributed by atoms with van der Waals surface area (Å²) in [7, 11) is 1.13. The first-order chi connectivity index (χ1) is 6.07. The van der Waals surface area contributed by atoms with Crippen LogP contribution in [0.4, 0.5) is 13.2 Å². The minimum Gasteiger partial charge on any atom is -0.494 e. The molecule has 0 amide bonds. The van der Waals surface area contributed by atoms with E-state index in [0.29, 0.717) is 6.20 Å². The molecular weight excluding hydrogens is 207 g/mol.